The van der Waals surface area contributed by atoms with Crippen LogP contribution in [0.3, 0.4) is 0 Å². The summed E-state index contributed by atoms with van der Waals surface area (Å²) in [5, 5.41) is 9.78. The zero-order chi connectivity index (χ0) is 11.3. The maximum Gasteiger partial charge on any atom is 0.0690 e. The molecule has 1 aliphatic heterocycles. The molecule has 0 spiro atoms. The maximum absolute atomic E-state index is 9.78. The summed E-state index contributed by atoms with van der Waals surface area (Å²) in [5.74, 6) is 0. The molecular weight excluding hydrogens is 190 g/mol. The van der Waals surface area contributed by atoms with E-state index in [1.165, 1.54) is 0 Å². The first-order valence-electron chi connectivity index (χ1n) is 6.22. The van der Waals surface area contributed by atoms with Crippen molar-refractivity contribution >= 4 is 0 Å². The van der Waals surface area contributed by atoms with Gasteiger partial charge in [-0.15, -0.1) is 0 Å². The first-order chi connectivity index (χ1) is 7.19. The molecule has 1 fully saturated rings. The minimum absolute atomic E-state index is 0.186. The average Bonchev–Trinajstić information content (AvgIpc) is 2.28. The third-order valence-electron chi connectivity index (χ3n) is 3.43. The second-order valence-corrected chi connectivity index (χ2v) is 4.41. The van der Waals surface area contributed by atoms with Gasteiger partial charge in [0.1, 0.15) is 0 Å². The Morgan fingerprint density at radius 3 is 2.40 bits per heavy atom. The van der Waals surface area contributed by atoms with Gasteiger partial charge in [-0.1, -0.05) is 6.92 Å². The maximum atomic E-state index is 9.78. The molecule has 0 aromatic rings. The molecule has 1 heterocycles. The fraction of sp³-hybridized carbons (Fsp3) is 1.00. The molecule has 0 amide bonds. The topological polar surface area (TPSA) is 32.7 Å². The van der Waals surface area contributed by atoms with Crippen LogP contribution in [-0.4, -0.2) is 48.0 Å². The molecule has 1 rings (SSSR count). The zero-order valence-electron chi connectivity index (χ0n) is 10.3. The van der Waals surface area contributed by atoms with Crippen molar-refractivity contribution in [3.05, 3.63) is 0 Å². The lowest BCUT2D eigenvalue weighted by molar-refractivity contribution is -0.0163. The highest BCUT2D eigenvalue weighted by molar-refractivity contribution is 4.80. The van der Waals surface area contributed by atoms with Gasteiger partial charge in [0.2, 0.25) is 0 Å². The Balaban J connectivity index is 2.30. The van der Waals surface area contributed by atoms with Gasteiger partial charge in [-0.2, -0.15) is 0 Å². The van der Waals surface area contributed by atoms with Crippen LogP contribution in [0.4, 0.5) is 0 Å². The zero-order valence-corrected chi connectivity index (χ0v) is 10.3. The van der Waals surface area contributed by atoms with E-state index in [9.17, 15) is 5.11 Å². The van der Waals surface area contributed by atoms with E-state index in [1.807, 2.05) is 6.92 Å². The molecule has 2 unspecified atom stereocenters. The molecule has 3 heteroatoms. The number of nitrogens with zero attached hydrogens (tertiary/aromatic N) is 1. The van der Waals surface area contributed by atoms with E-state index < -0.39 is 0 Å². The van der Waals surface area contributed by atoms with Crippen molar-refractivity contribution in [2.75, 3.05) is 19.7 Å². The average molecular weight is 215 g/mol. The normalized spacial score (nSPS) is 24.0. The van der Waals surface area contributed by atoms with Crippen LogP contribution in [0.5, 0.6) is 0 Å². The number of aliphatic hydroxyl groups excluding tert-OH is 1. The van der Waals surface area contributed by atoms with Crippen LogP contribution in [0.25, 0.3) is 0 Å². The van der Waals surface area contributed by atoms with Crippen LogP contribution in [0.15, 0.2) is 0 Å². The van der Waals surface area contributed by atoms with Crippen LogP contribution in [0.1, 0.15) is 40.0 Å². The predicted molar refractivity (Wildman–Crippen MR) is 62.0 cm³/mol. The minimum Gasteiger partial charge on any atom is -0.392 e. The first-order valence-corrected chi connectivity index (χ1v) is 6.22. The molecule has 1 N–H and O–H groups in total. The van der Waals surface area contributed by atoms with E-state index in [1.54, 1.807) is 0 Å². The van der Waals surface area contributed by atoms with Gasteiger partial charge in [-0.3, -0.25) is 4.90 Å². The lowest BCUT2D eigenvalue weighted by atomic mass is 10.0. The highest BCUT2D eigenvalue weighted by Crippen LogP contribution is 2.18. The van der Waals surface area contributed by atoms with Crippen molar-refractivity contribution in [3.8, 4) is 0 Å². The number of likely N-dealkylation sites (tertiary alicyclic amines) is 1. The van der Waals surface area contributed by atoms with Gasteiger partial charge in [0.15, 0.2) is 0 Å². The summed E-state index contributed by atoms with van der Waals surface area (Å²) < 4.78 is 5.61. The molecular formula is C12H25NO2. The Morgan fingerprint density at radius 1 is 1.33 bits per heavy atom. The molecule has 0 radical (unpaired) electrons. The van der Waals surface area contributed by atoms with E-state index in [4.69, 9.17) is 4.74 Å². The van der Waals surface area contributed by atoms with Crippen molar-refractivity contribution < 1.29 is 9.84 Å². The number of aliphatic hydroxyl groups is 1. The number of piperidine rings is 1. The summed E-state index contributed by atoms with van der Waals surface area (Å²) in [6.07, 6.45) is 3.31. The molecule has 1 aliphatic rings. The van der Waals surface area contributed by atoms with Gasteiger partial charge in [0, 0.05) is 25.7 Å². The summed E-state index contributed by atoms with van der Waals surface area (Å²) in [6, 6.07) is 0.289. The smallest absolute Gasteiger partial charge is 0.0690 e. The summed E-state index contributed by atoms with van der Waals surface area (Å²) in [7, 11) is 0. The predicted octanol–water partition coefficient (Wildman–Crippen LogP) is 1.65. The summed E-state index contributed by atoms with van der Waals surface area (Å²) >= 11 is 0. The summed E-state index contributed by atoms with van der Waals surface area (Å²) in [4.78, 5) is 2.38. The van der Waals surface area contributed by atoms with Crippen LogP contribution in [0, 0.1) is 0 Å². The molecule has 90 valence electrons. The second-order valence-electron chi connectivity index (χ2n) is 4.41. The van der Waals surface area contributed by atoms with Crippen LogP contribution < -0.4 is 0 Å². The van der Waals surface area contributed by atoms with Gasteiger partial charge in [-0.05, 0) is 33.1 Å². The fourth-order valence-electron chi connectivity index (χ4n) is 2.27. The highest BCUT2D eigenvalue weighted by Gasteiger charge is 2.25. The largest absolute Gasteiger partial charge is 0.392 e. The molecule has 0 saturated carbocycles. The molecule has 0 aromatic heterocycles. The number of rotatable bonds is 5. The van der Waals surface area contributed by atoms with Gasteiger partial charge in [0.25, 0.3) is 0 Å². The monoisotopic (exact) mass is 215 g/mol. The van der Waals surface area contributed by atoms with Gasteiger partial charge < -0.3 is 9.84 Å². The van der Waals surface area contributed by atoms with E-state index in [0.717, 1.165) is 39.0 Å². The number of ether oxygens (including phenoxy) is 1. The summed E-state index contributed by atoms with van der Waals surface area (Å²) in [5.41, 5.74) is 0. The minimum atomic E-state index is -0.186. The Morgan fingerprint density at radius 2 is 1.93 bits per heavy atom. The molecule has 3 nitrogen and oxygen atoms in total. The van der Waals surface area contributed by atoms with Gasteiger partial charge in [0.05, 0.1) is 12.2 Å². The van der Waals surface area contributed by atoms with Crippen molar-refractivity contribution in [2.24, 2.45) is 0 Å². The van der Waals surface area contributed by atoms with Crippen LogP contribution >= 0.6 is 0 Å². The van der Waals surface area contributed by atoms with E-state index in [-0.39, 0.29) is 12.1 Å². The van der Waals surface area contributed by atoms with Crippen molar-refractivity contribution in [1.82, 2.24) is 4.90 Å². The Labute approximate surface area is 93.4 Å². The van der Waals surface area contributed by atoms with E-state index in [2.05, 4.69) is 18.7 Å². The fourth-order valence-corrected chi connectivity index (χ4v) is 2.27. The Bertz CT molecular complexity index is 167. The third kappa shape index (κ3) is 3.74. The molecule has 1 saturated heterocycles. The van der Waals surface area contributed by atoms with Crippen molar-refractivity contribution in [2.45, 2.75) is 58.3 Å². The summed E-state index contributed by atoms with van der Waals surface area (Å²) in [6.45, 7) is 9.14. The van der Waals surface area contributed by atoms with E-state index >= 15 is 0 Å². The molecule has 2 atom stereocenters. The standard InChI is InChI=1S/C12H25NO2/c1-4-12(14)10(3)13-8-6-11(7-9-13)15-5-2/h10-12,14H,4-9H2,1-3H3. The lowest BCUT2D eigenvalue weighted by Crippen LogP contribution is -2.47. The van der Waals surface area contributed by atoms with Crippen LogP contribution in [0.2, 0.25) is 0 Å². The Kier molecular flexibility index (Phi) is 5.58. The first kappa shape index (κ1) is 12.9. The number of hydrogen-bond acceptors (Lipinski definition) is 3. The van der Waals surface area contributed by atoms with E-state index in [0.29, 0.717) is 6.10 Å². The number of hydrogen-bond donors (Lipinski definition) is 1. The molecule has 0 aromatic carbocycles. The second kappa shape index (κ2) is 6.46. The SMILES string of the molecule is CCOC1CCN(C(C)C(O)CC)CC1. The quantitative estimate of drug-likeness (QED) is 0.757. The highest BCUT2D eigenvalue weighted by atomic mass is 16.5. The molecule has 15 heavy (non-hydrogen) atoms. The van der Waals surface area contributed by atoms with Crippen molar-refractivity contribution in [1.29, 1.82) is 0 Å². The molecule has 0 aliphatic carbocycles. The lowest BCUT2D eigenvalue weighted by Gasteiger charge is -2.37. The van der Waals surface area contributed by atoms with Gasteiger partial charge >= 0.3 is 0 Å². The van der Waals surface area contributed by atoms with Gasteiger partial charge in [-0.25, -0.2) is 0 Å². The Hall–Kier alpha value is -0.120. The van der Waals surface area contributed by atoms with Crippen molar-refractivity contribution in [3.63, 3.8) is 0 Å². The van der Waals surface area contributed by atoms with Crippen LogP contribution in [-0.2, 0) is 4.74 Å². The molecule has 0 bridgehead atoms. The third-order valence-corrected chi connectivity index (χ3v) is 3.43.